The summed E-state index contributed by atoms with van der Waals surface area (Å²) in [5.74, 6) is 0.594. The first kappa shape index (κ1) is 10.3. The van der Waals surface area contributed by atoms with E-state index in [1.54, 1.807) is 0 Å². The fraction of sp³-hybridized carbons (Fsp3) is 0.500. The first-order valence-corrected chi connectivity index (χ1v) is 5.51. The predicted molar refractivity (Wildman–Crippen MR) is 59.9 cm³/mol. The minimum atomic E-state index is -0.554. The van der Waals surface area contributed by atoms with Crippen molar-refractivity contribution >= 4 is 11.2 Å². The Bertz CT molecular complexity index is 668. The summed E-state index contributed by atoms with van der Waals surface area (Å²) >= 11 is 0. The molecule has 0 spiro atoms. The third kappa shape index (κ3) is 1.68. The highest BCUT2D eigenvalue weighted by Gasteiger charge is 2.26. The summed E-state index contributed by atoms with van der Waals surface area (Å²) in [7, 11) is 0. The zero-order valence-electron chi connectivity index (χ0n) is 9.24. The highest BCUT2D eigenvalue weighted by molar-refractivity contribution is 5.68. The number of ether oxygens (including phenoxy) is 1. The number of hydrogen-bond acceptors (Lipinski definition) is 4. The van der Waals surface area contributed by atoms with Gasteiger partial charge in [-0.25, -0.2) is 9.78 Å². The SMILES string of the molecule is CC1CCC(c2nc3[nH]c(=O)[nH]c(=O)c3[nH]2)O1. The third-order valence-corrected chi connectivity index (χ3v) is 2.95. The Morgan fingerprint density at radius 3 is 2.76 bits per heavy atom. The van der Waals surface area contributed by atoms with E-state index in [2.05, 4.69) is 19.9 Å². The molecule has 1 fully saturated rings. The second kappa shape index (κ2) is 3.56. The number of H-pyrrole nitrogens is 3. The van der Waals surface area contributed by atoms with Crippen molar-refractivity contribution in [3.8, 4) is 0 Å². The summed E-state index contributed by atoms with van der Waals surface area (Å²) in [4.78, 5) is 34.3. The first-order valence-electron chi connectivity index (χ1n) is 5.51. The van der Waals surface area contributed by atoms with Crippen LogP contribution >= 0.6 is 0 Å². The van der Waals surface area contributed by atoms with E-state index >= 15 is 0 Å². The Labute approximate surface area is 95.2 Å². The number of rotatable bonds is 1. The second-order valence-corrected chi connectivity index (χ2v) is 4.27. The normalized spacial score (nSPS) is 24.5. The molecule has 3 heterocycles. The molecule has 2 unspecified atom stereocenters. The molecule has 90 valence electrons. The average Bonchev–Trinajstić information content (AvgIpc) is 2.83. The highest BCUT2D eigenvalue weighted by atomic mass is 16.5. The van der Waals surface area contributed by atoms with Crippen LogP contribution in [0.1, 0.15) is 31.7 Å². The number of aromatic amines is 3. The van der Waals surface area contributed by atoms with Crippen LogP contribution in [0.3, 0.4) is 0 Å². The zero-order chi connectivity index (χ0) is 12.0. The topological polar surface area (TPSA) is 104 Å². The van der Waals surface area contributed by atoms with Crippen molar-refractivity contribution in [2.24, 2.45) is 0 Å². The summed E-state index contributed by atoms with van der Waals surface area (Å²) in [6.07, 6.45) is 1.91. The fourth-order valence-corrected chi connectivity index (χ4v) is 2.11. The molecule has 7 nitrogen and oxygen atoms in total. The van der Waals surface area contributed by atoms with Gasteiger partial charge in [-0.2, -0.15) is 0 Å². The molecule has 0 aromatic carbocycles. The van der Waals surface area contributed by atoms with Crippen LogP contribution in [0.5, 0.6) is 0 Å². The summed E-state index contributed by atoms with van der Waals surface area (Å²) in [6.45, 7) is 2.00. The maximum atomic E-state index is 11.5. The largest absolute Gasteiger partial charge is 0.367 e. The lowest BCUT2D eigenvalue weighted by Gasteiger charge is -2.06. The van der Waals surface area contributed by atoms with E-state index in [1.807, 2.05) is 6.92 Å². The van der Waals surface area contributed by atoms with Gasteiger partial charge < -0.3 is 9.72 Å². The fourth-order valence-electron chi connectivity index (χ4n) is 2.11. The first-order chi connectivity index (χ1) is 8.13. The molecule has 0 aliphatic carbocycles. The molecule has 0 radical (unpaired) electrons. The second-order valence-electron chi connectivity index (χ2n) is 4.27. The molecule has 7 heteroatoms. The van der Waals surface area contributed by atoms with Crippen molar-refractivity contribution < 1.29 is 4.74 Å². The van der Waals surface area contributed by atoms with Crippen molar-refractivity contribution in [1.29, 1.82) is 0 Å². The molecule has 0 bridgehead atoms. The average molecular weight is 236 g/mol. The molecule has 3 N–H and O–H groups in total. The van der Waals surface area contributed by atoms with E-state index in [0.717, 1.165) is 12.8 Å². The lowest BCUT2D eigenvalue weighted by atomic mass is 10.2. The Morgan fingerprint density at radius 1 is 1.24 bits per heavy atom. The van der Waals surface area contributed by atoms with E-state index in [9.17, 15) is 9.59 Å². The molecular formula is C10H12N4O3. The van der Waals surface area contributed by atoms with Gasteiger partial charge >= 0.3 is 5.69 Å². The van der Waals surface area contributed by atoms with Crippen LogP contribution in [-0.4, -0.2) is 26.0 Å². The minimum absolute atomic E-state index is 0.125. The predicted octanol–water partition coefficient (Wildman–Crippen LogP) is 0.179. The highest BCUT2D eigenvalue weighted by Crippen LogP contribution is 2.30. The number of nitrogens with zero attached hydrogens (tertiary/aromatic N) is 1. The molecular weight excluding hydrogens is 224 g/mol. The summed E-state index contributed by atoms with van der Waals surface area (Å²) in [5, 5.41) is 0. The van der Waals surface area contributed by atoms with E-state index < -0.39 is 11.2 Å². The van der Waals surface area contributed by atoms with Crippen molar-refractivity contribution in [2.45, 2.75) is 32.0 Å². The van der Waals surface area contributed by atoms with Crippen LogP contribution in [0.2, 0.25) is 0 Å². The van der Waals surface area contributed by atoms with Gasteiger partial charge in [0.25, 0.3) is 5.56 Å². The summed E-state index contributed by atoms with van der Waals surface area (Å²) < 4.78 is 5.65. The lowest BCUT2D eigenvalue weighted by Crippen LogP contribution is -2.21. The van der Waals surface area contributed by atoms with Gasteiger partial charge in [-0.15, -0.1) is 0 Å². The molecule has 2 aromatic rings. The number of fused-ring (bicyclic) bond motifs is 1. The van der Waals surface area contributed by atoms with Crippen LogP contribution in [0.15, 0.2) is 9.59 Å². The minimum Gasteiger partial charge on any atom is -0.367 e. The van der Waals surface area contributed by atoms with Gasteiger partial charge in [0.1, 0.15) is 17.4 Å². The maximum absolute atomic E-state index is 11.5. The van der Waals surface area contributed by atoms with Gasteiger partial charge in [0.15, 0.2) is 5.65 Å². The lowest BCUT2D eigenvalue weighted by molar-refractivity contribution is 0.0510. The van der Waals surface area contributed by atoms with E-state index in [-0.39, 0.29) is 23.4 Å². The Balaban J connectivity index is 2.11. The van der Waals surface area contributed by atoms with Gasteiger partial charge in [0.05, 0.1) is 6.10 Å². The van der Waals surface area contributed by atoms with Crippen LogP contribution < -0.4 is 11.2 Å². The van der Waals surface area contributed by atoms with E-state index in [1.165, 1.54) is 0 Å². The van der Waals surface area contributed by atoms with Crippen molar-refractivity contribution in [2.75, 3.05) is 0 Å². The van der Waals surface area contributed by atoms with Crippen molar-refractivity contribution in [3.63, 3.8) is 0 Å². The van der Waals surface area contributed by atoms with Gasteiger partial charge in [-0.05, 0) is 19.8 Å². The summed E-state index contributed by atoms with van der Waals surface area (Å²) in [5.41, 5.74) is -0.463. The molecule has 1 aliphatic rings. The standard InChI is InChI=1S/C10H12N4O3/c1-4-2-3-5(17-4)7-11-6-8(12-7)13-10(16)14-9(6)15/h4-5H,2-3H2,1H3,(H3,11,12,13,14,15,16). The monoisotopic (exact) mass is 236 g/mol. The number of nitrogens with one attached hydrogen (secondary N) is 3. The summed E-state index contributed by atoms with van der Waals surface area (Å²) in [6, 6.07) is 0. The Hall–Kier alpha value is -1.89. The molecule has 1 saturated heterocycles. The molecule has 3 rings (SSSR count). The Morgan fingerprint density at radius 2 is 2.06 bits per heavy atom. The van der Waals surface area contributed by atoms with Crippen LogP contribution in [0.4, 0.5) is 0 Å². The van der Waals surface area contributed by atoms with Crippen molar-refractivity contribution in [1.82, 2.24) is 19.9 Å². The van der Waals surface area contributed by atoms with E-state index in [4.69, 9.17) is 4.74 Å². The third-order valence-electron chi connectivity index (χ3n) is 2.95. The zero-order valence-corrected chi connectivity index (χ0v) is 9.24. The number of imidazole rings is 1. The number of aromatic nitrogens is 4. The molecule has 0 saturated carbocycles. The quantitative estimate of drug-likeness (QED) is 0.657. The molecule has 17 heavy (non-hydrogen) atoms. The van der Waals surface area contributed by atoms with Gasteiger partial charge in [0, 0.05) is 0 Å². The van der Waals surface area contributed by atoms with Crippen LogP contribution in [0.25, 0.3) is 11.2 Å². The Kier molecular flexibility index (Phi) is 2.15. The van der Waals surface area contributed by atoms with Gasteiger partial charge in [-0.1, -0.05) is 0 Å². The maximum Gasteiger partial charge on any atom is 0.327 e. The van der Waals surface area contributed by atoms with Gasteiger partial charge in [0.2, 0.25) is 0 Å². The van der Waals surface area contributed by atoms with Crippen LogP contribution in [-0.2, 0) is 4.74 Å². The molecule has 2 atom stereocenters. The van der Waals surface area contributed by atoms with Crippen LogP contribution in [0, 0.1) is 0 Å². The smallest absolute Gasteiger partial charge is 0.327 e. The molecule has 1 aliphatic heterocycles. The van der Waals surface area contributed by atoms with Crippen molar-refractivity contribution in [3.05, 3.63) is 26.7 Å². The number of hydrogen-bond donors (Lipinski definition) is 3. The van der Waals surface area contributed by atoms with Gasteiger partial charge in [-0.3, -0.25) is 14.8 Å². The van der Waals surface area contributed by atoms with E-state index in [0.29, 0.717) is 5.82 Å². The molecule has 2 aromatic heterocycles. The molecule has 0 amide bonds.